The maximum absolute atomic E-state index is 12.2. The Labute approximate surface area is 114 Å². The predicted molar refractivity (Wildman–Crippen MR) is 74.5 cm³/mol. The van der Waals surface area contributed by atoms with Crippen LogP contribution in [0.15, 0.2) is 6.20 Å². The lowest BCUT2D eigenvalue weighted by Gasteiger charge is -2.25. The minimum absolute atomic E-state index is 0.0641. The molecule has 5 heteroatoms. The van der Waals surface area contributed by atoms with Crippen LogP contribution in [0, 0.1) is 11.8 Å². The number of nitrogens with one attached hydrogen (secondary N) is 2. The molecule has 4 N–H and O–H groups in total. The predicted octanol–water partition coefficient (Wildman–Crippen LogP) is 1.00. The summed E-state index contributed by atoms with van der Waals surface area (Å²) in [5.74, 6) is 0.532. The zero-order valence-corrected chi connectivity index (χ0v) is 11.8. The van der Waals surface area contributed by atoms with Crippen molar-refractivity contribution >= 4 is 5.91 Å². The summed E-state index contributed by atoms with van der Waals surface area (Å²) in [6.45, 7) is 4.66. The number of carbonyl (C=O) groups excluding carboxylic acids is 1. The number of aromatic amines is 1. The molecular weight excluding hydrogens is 240 g/mol. The average molecular weight is 264 g/mol. The number of carbonyl (C=O) groups is 1. The molecule has 2 rings (SSSR count). The summed E-state index contributed by atoms with van der Waals surface area (Å²) >= 11 is 0. The fourth-order valence-electron chi connectivity index (χ4n) is 2.74. The molecule has 1 aliphatic rings. The molecule has 0 aromatic carbocycles. The molecule has 1 heterocycles. The van der Waals surface area contributed by atoms with Crippen LogP contribution < -0.4 is 11.1 Å². The summed E-state index contributed by atoms with van der Waals surface area (Å²) in [5.41, 5.74) is 8.15. The standard InChI is InChI=1S/C14H24N4O/c1-9(2)5-10(7-15)14(19)17-12-3-4-13-11(6-12)8-16-18-13/h8-10,12H,3-7,15H2,1-2H3,(H,16,18)(H,17,19)/t10-,12+/m1/s1. The first-order chi connectivity index (χ1) is 9.10. The number of hydrogen-bond donors (Lipinski definition) is 3. The van der Waals surface area contributed by atoms with Gasteiger partial charge in [-0.3, -0.25) is 9.89 Å². The maximum Gasteiger partial charge on any atom is 0.224 e. The number of nitrogens with two attached hydrogens (primary N) is 1. The second-order valence-corrected chi connectivity index (χ2v) is 5.88. The molecule has 2 atom stereocenters. The number of H-pyrrole nitrogens is 1. The van der Waals surface area contributed by atoms with Crippen molar-refractivity contribution in [2.24, 2.45) is 17.6 Å². The Bertz CT molecular complexity index is 427. The van der Waals surface area contributed by atoms with Crippen LogP contribution in [-0.4, -0.2) is 28.7 Å². The van der Waals surface area contributed by atoms with Gasteiger partial charge in [0.2, 0.25) is 5.91 Å². The fraction of sp³-hybridized carbons (Fsp3) is 0.714. The van der Waals surface area contributed by atoms with Gasteiger partial charge in [-0.05, 0) is 37.2 Å². The van der Waals surface area contributed by atoms with E-state index in [2.05, 4.69) is 29.4 Å². The Morgan fingerprint density at radius 3 is 3.11 bits per heavy atom. The van der Waals surface area contributed by atoms with Crippen molar-refractivity contribution in [3.05, 3.63) is 17.5 Å². The quantitative estimate of drug-likeness (QED) is 0.742. The van der Waals surface area contributed by atoms with Gasteiger partial charge in [-0.1, -0.05) is 13.8 Å². The monoisotopic (exact) mass is 264 g/mol. The molecule has 0 bridgehead atoms. The summed E-state index contributed by atoms with van der Waals surface area (Å²) in [5, 5.41) is 10.2. The summed E-state index contributed by atoms with van der Waals surface area (Å²) in [4.78, 5) is 12.2. The van der Waals surface area contributed by atoms with E-state index in [9.17, 15) is 4.79 Å². The van der Waals surface area contributed by atoms with Gasteiger partial charge in [-0.25, -0.2) is 0 Å². The first kappa shape index (κ1) is 14.1. The number of aromatic nitrogens is 2. The van der Waals surface area contributed by atoms with E-state index in [1.807, 2.05) is 6.20 Å². The summed E-state index contributed by atoms with van der Waals surface area (Å²) < 4.78 is 0. The second kappa shape index (κ2) is 6.19. The molecule has 1 aromatic rings. The molecule has 0 saturated heterocycles. The first-order valence-electron chi connectivity index (χ1n) is 7.11. The second-order valence-electron chi connectivity index (χ2n) is 5.88. The van der Waals surface area contributed by atoms with Gasteiger partial charge < -0.3 is 11.1 Å². The van der Waals surface area contributed by atoms with E-state index in [4.69, 9.17) is 5.73 Å². The van der Waals surface area contributed by atoms with Gasteiger partial charge >= 0.3 is 0 Å². The van der Waals surface area contributed by atoms with E-state index in [-0.39, 0.29) is 17.9 Å². The molecule has 1 amide bonds. The third kappa shape index (κ3) is 3.56. The smallest absolute Gasteiger partial charge is 0.224 e. The van der Waals surface area contributed by atoms with E-state index in [0.29, 0.717) is 12.5 Å². The molecule has 5 nitrogen and oxygen atoms in total. The Kier molecular flexibility index (Phi) is 4.58. The summed E-state index contributed by atoms with van der Waals surface area (Å²) in [7, 11) is 0. The molecule has 0 saturated carbocycles. The molecule has 1 aliphatic carbocycles. The van der Waals surface area contributed by atoms with Crippen LogP contribution in [0.2, 0.25) is 0 Å². The number of aryl methyl sites for hydroxylation is 1. The number of fused-ring (bicyclic) bond motifs is 1. The molecule has 1 aromatic heterocycles. The highest BCUT2D eigenvalue weighted by molar-refractivity contribution is 5.79. The van der Waals surface area contributed by atoms with Crippen molar-refractivity contribution in [1.29, 1.82) is 0 Å². The normalized spacial score (nSPS) is 20.1. The van der Waals surface area contributed by atoms with Crippen molar-refractivity contribution < 1.29 is 4.79 Å². The molecule has 0 fully saturated rings. The Morgan fingerprint density at radius 2 is 2.42 bits per heavy atom. The van der Waals surface area contributed by atoms with Crippen molar-refractivity contribution in [2.75, 3.05) is 6.54 Å². The van der Waals surface area contributed by atoms with E-state index < -0.39 is 0 Å². The fourth-order valence-corrected chi connectivity index (χ4v) is 2.74. The Morgan fingerprint density at radius 1 is 1.63 bits per heavy atom. The van der Waals surface area contributed by atoms with Crippen LogP contribution >= 0.6 is 0 Å². The first-order valence-corrected chi connectivity index (χ1v) is 7.11. The lowest BCUT2D eigenvalue weighted by Crippen LogP contribution is -2.44. The Balaban J connectivity index is 1.89. The molecule has 19 heavy (non-hydrogen) atoms. The number of nitrogens with zero attached hydrogens (tertiary/aromatic N) is 1. The van der Waals surface area contributed by atoms with Gasteiger partial charge in [0.05, 0.1) is 12.1 Å². The van der Waals surface area contributed by atoms with Crippen LogP contribution in [0.4, 0.5) is 0 Å². The zero-order chi connectivity index (χ0) is 13.8. The summed E-state index contributed by atoms with van der Waals surface area (Å²) in [6.07, 6.45) is 5.52. The van der Waals surface area contributed by atoms with Crippen molar-refractivity contribution in [3.63, 3.8) is 0 Å². The van der Waals surface area contributed by atoms with E-state index in [1.165, 1.54) is 11.3 Å². The van der Waals surface area contributed by atoms with Crippen molar-refractivity contribution in [3.8, 4) is 0 Å². The molecule has 0 aliphatic heterocycles. The number of amides is 1. The van der Waals surface area contributed by atoms with Crippen LogP contribution in [0.25, 0.3) is 0 Å². The number of hydrogen-bond acceptors (Lipinski definition) is 3. The van der Waals surface area contributed by atoms with Gasteiger partial charge in [0.15, 0.2) is 0 Å². The van der Waals surface area contributed by atoms with Gasteiger partial charge in [0.1, 0.15) is 0 Å². The van der Waals surface area contributed by atoms with E-state index in [0.717, 1.165) is 25.7 Å². The highest BCUT2D eigenvalue weighted by Gasteiger charge is 2.25. The number of rotatable bonds is 5. The third-order valence-electron chi connectivity index (χ3n) is 3.77. The Hall–Kier alpha value is -1.36. The van der Waals surface area contributed by atoms with Gasteiger partial charge in [-0.2, -0.15) is 5.10 Å². The van der Waals surface area contributed by atoms with Crippen LogP contribution in [0.1, 0.15) is 37.9 Å². The molecule has 0 radical (unpaired) electrons. The third-order valence-corrected chi connectivity index (χ3v) is 3.77. The van der Waals surface area contributed by atoms with Crippen LogP contribution in [0.3, 0.4) is 0 Å². The van der Waals surface area contributed by atoms with E-state index in [1.54, 1.807) is 0 Å². The zero-order valence-electron chi connectivity index (χ0n) is 11.8. The molecule has 0 unspecified atom stereocenters. The van der Waals surface area contributed by atoms with Crippen LogP contribution in [-0.2, 0) is 17.6 Å². The molecular formula is C14H24N4O. The lowest BCUT2D eigenvalue weighted by molar-refractivity contribution is -0.126. The SMILES string of the molecule is CC(C)C[C@H](CN)C(=O)N[C@H]1CCc2[nH]ncc2C1. The minimum atomic E-state index is -0.0641. The molecule has 106 valence electrons. The van der Waals surface area contributed by atoms with Crippen LogP contribution in [0.5, 0.6) is 0 Å². The van der Waals surface area contributed by atoms with Crippen molar-refractivity contribution in [2.45, 2.75) is 45.6 Å². The van der Waals surface area contributed by atoms with Crippen molar-refractivity contribution in [1.82, 2.24) is 15.5 Å². The van der Waals surface area contributed by atoms with Gasteiger partial charge in [0.25, 0.3) is 0 Å². The lowest BCUT2D eigenvalue weighted by atomic mass is 9.91. The van der Waals surface area contributed by atoms with E-state index >= 15 is 0 Å². The minimum Gasteiger partial charge on any atom is -0.353 e. The summed E-state index contributed by atoms with van der Waals surface area (Å²) in [6, 6.07) is 0.221. The molecule has 0 spiro atoms. The highest BCUT2D eigenvalue weighted by Crippen LogP contribution is 2.19. The topological polar surface area (TPSA) is 83.8 Å². The van der Waals surface area contributed by atoms with Gasteiger partial charge in [-0.15, -0.1) is 0 Å². The average Bonchev–Trinajstić information content (AvgIpc) is 2.82. The largest absolute Gasteiger partial charge is 0.353 e. The maximum atomic E-state index is 12.2. The van der Waals surface area contributed by atoms with Gasteiger partial charge in [0, 0.05) is 18.3 Å². The highest BCUT2D eigenvalue weighted by atomic mass is 16.1.